The third kappa shape index (κ3) is 4.48. The summed E-state index contributed by atoms with van der Waals surface area (Å²) >= 11 is 5.90. The highest BCUT2D eigenvalue weighted by Gasteiger charge is 2.38. The summed E-state index contributed by atoms with van der Waals surface area (Å²) in [7, 11) is -3.54. The van der Waals surface area contributed by atoms with Crippen molar-refractivity contribution in [2.45, 2.75) is 49.6 Å². The van der Waals surface area contributed by atoms with Crippen LogP contribution in [-0.4, -0.2) is 25.4 Å². The van der Waals surface area contributed by atoms with Crippen molar-refractivity contribution in [1.29, 1.82) is 0 Å². The van der Waals surface area contributed by atoms with E-state index in [1.807, 2.05) is 24.3 Å². The molecule has 2 aromatic carbocycles. The van der Waals surface area contributed by atoms with Gasteiger partial charge in [0.15, 0.2) is 0 Å². The second kappa shape index (κ2) is 7.82. The van der Waals surface area contributed by atoms with Crippen LogP contribution in [0.2, 0.25) is 5.02 Å². The summed E-state index contributed by atoms with van der Waals surface area (Å²) in [5.41, 5.74) is 0.968. The van der Waals surface area contributed by atoms with E-state index in [0.717, 1.165) is 30.8 Å². The molecule has 0 saturated heterocycles. The van der Waals surface area contributed by atoms with Gasteiger partial charge in [0.05, 0.1) is 11.5 Å². The van der Waals surface area contributed by atoms with E-state index in [2.05, 4.69) is 0 Å². The average Bonchev–Trinajstić information content (AvgIpc) is 3.44. The van der Waals surface area contributed by atoms with Crippen LogP contribution in [0.15, 0.2) is 53.4 Å². The van der Waals surface area contributed by atoms with Gasteiger partial charge in [-0.3, -0.25) is 0 Å². The van der Waals surface area contributed by atoms with Gasteiger partial charge in [-0.1, -0.05) is 30.2 Å². The Morgan fingerprint density at radius 2 is 1.63 bits per heavy atom. The molecular formula is C21H24ClNO3S. The van der Waals surface area contributed by atoms with Crippen molar-refractivity contribution in [1.82, 2.24) is 4.31 Å². The van der Waals surface area contributed by atoms with E-state index in [9.17, 15) is 8.42 Å². The van der Waals surface area contributed by atoms with Crippen molar-refractivity contribution in [3.63, 3.8) is 0 Å². The molecular weight excluding hydrogens is 382 g/mol. The maximum Gasteiger partial charge on any atom is 0.243 e. The third-order valence-electron chi connectivity index (χ3n) is 5.35. The normalized spacial score (nSPS) is 17.7. The second-order valence-electron chi connectivity index (χ2n) is 7.49. The van der Waals surface area contributed by atoms with Gasteiger partial charge in [0.1, 0.15) is 5.75 Å². The van der Waals surface area contributed by atoms with Crippen LogP contribution in [0.3, 0.4) is 0 Å². The Hall–Kier alpha value is -1.56. The van der Waals surface area contributed by atoms with E-state index in [4.69, 9.17) is 16.3 Å². The van der Waals surface area contributed by atoms with Crippen LogP contribution in [0.1, 0.15) is 37.7 Å². The predicted molar refractivity (Wildman–Crippen MR) is 106 cm³/mol. The summed E-state index contributed by atoms with van der Waals surface area (Å²) < 4.78 is 33.6. The SMILES string of the molecule is O=S(=O)(c1ccc(Cl)cc1)N(Cc1ccc(OCC2CCC2)cc1)C1CC1. The van der Waals surface area contributed by atoms with Gasteiger partial charge in [-0.15, -0.1) is 0 Å². The van der Waals surface area contributed by atoms with Crippen molar-refractivity contribution in [3.05, 3.63) is 59.1 Å². The summed E-state index contributed by atoms with van der Waals surface area (Å²) in [4.78, 5) is 0.291. The largest absolute Gasteiger partial charge is 0.493 e. The molecule has 0 N–H and O–H groups in total. The van der Waals surface area contributed by atoms with Crippen molar-refractivity contribution < 1.29 is 13.2 Å². The lowest BCUT2D eigenvalue weighted by atomic mass is 9.86. The van der Waals surface area contributed by atoms with Crippen LogP contribution in [0.5, 0.6) is 5.75 Å². The van der Waals surface area contributed by atoms with E-state index < -0.39 is 10.0 Å². The quantitative estimate of drug-likeness (QED) is 0.629. The number of benzene rings is 2. The summed E-state index contributed by atoms with van der Waals surface area (Å²) in [5, 5.41) is 0.532. The molecule has 0 spiro atoms. The van der Waals surface area contributed by atoms with Gasteiger partial charge in [0, 0.05) is 17.6 Å². The summed E-state index contributed by atoms with van der Waals surface area (Å²) in [6.45, 7) is 1.15. The molecule has 2 aliphatic carbocycles. The van der Waals surface area contributed by atoms with Crippen molar-refractivity contribution in [2.24, 2.45) is 5.92 Å². The topological polar surface area (TPSA) is 46.6 Å². The number of rotatable bonds is 8. The van der Waals surface area contributed by atoms with Crippen LogP contribution < -0.4 is 4.74 Å². The van der Waals surface area contributed by atoms with Crippen LogP contribution in [0.4, 0.5) is 0 Å². The minimum Gasteiger partial charge on any atom is -0.493 e. The molecule has 2 fully saturated rings. The van der Waals surface area contributed by atoms with Gasteiger partial charge in [0.25, 0.3) is 0 Å². The molecule has 0 atom stereocenters. The van der Waals surface area contributed by atoms with Crippen molar-refractivity contribution >= 4 is 21.6 Å². The fraction of sp³-hybridized carbons (Fsp3) is 0.429. The molecule has 0 radical (unpaired) electrons. The number of nitrogens with zero attached hydrogens (tertiary/aromatic N) is 1. The summed E-state index contributed by atoms with van der Waals surface area (Å²) in [5.74, 6) is 1.55. The maximum atomic E-state index is 13.1. The van der Waals surface area contributed by atoms with Crippen LogP contribution in [0.25, 0.3) is 0 Å². The van der Waals surface area contributed by atoms with Gasteiger partial charge in [-0.05, 0) is 73.6 Å². The molecule has 6 heteroatoms. The Kier molecular flexibility index (Phi) is 5.44. The number of ether oxygens (including phenoxy) is 1. The number of hydrogen-bond donors (Lipinski definition) is 0. The lowest BCUT2D eigenvalue weighted by Gasteiger charge is -2.25. The van der Waals surface area contributed by atoms with Gasteiger partial charge >= 0.3 is 0 Å². The van der Waals surface area contributed by atoms with Gasteiger partial charge in [-0.25, -0.2) is 8.42 Å². The Morgan fingerprint density at radius 1 is 0.963 bits per heavy atom. The van der Waals surface area contributed by atoms with Crippen molar-refractivity contribution in [2.75, 3.05) is 6.61 Å². The van der Waals surface area contributed by atoms with Gasteiger partial charge < -0.3 is 4.74 Å². The maximum absolute atomic E-state index is 13.1. The van der Waals surface area contributed by atoms with Crippen molar-refractivity contribution in [3.8, 4) is 5.75 Å². The van der Waals surface area contributed by atoms with E-state index in [-0.39, 0.29) is 6.04 Å². The molecule has 4 nitrogen and oxygen atoms in total. The van der Waals surface area contributed by atoms with Gasteiger partial charge in [-0.2, -0.15) is 4.31 Å². The van der Waals surface area contributed by atoms with Crippen LogP contribution >= 0.6 is 11.6 Å². The molecule has 2 aliphatic rings. The molecule has 2 aromatic rings. The Labute approximate surface area is 166 Å². The lowest BCUT2D eigenvalue weighted by molar-refractivity contribution is 0.180. The first-order valence-corrected chi connectivity index (χ1v) is 11.3. The highest BCUT2D eigenvalue weighted by Crippen LogP contribution is 2.34. The monoisotopic (exact) mass is 405 g/mol. The summed E-state index contributed by atoms with van der Waals surface area (Å²) in [6, 6.07) is 14.3. The van der Waals surface area contributed by atoms with Crippen LogP contribution in [0, 0.1) is 5.92 Å². The standard InChI is InChI=1S/C21H24ClNO3S/c22-18-6-12-21(13-7-18)27(24,25)23(19-8-9-19)14-16-4-10-20(11-5-16)26-15-17-2-1-3-17/h4-7,10-13,17,19H,1-3,8-9,14-15H2. The fourth-order valence-corrected chi connectivity index (χ4v) is 5.06. The minimum absolute atomic E-state index is 0.0835. The summed E-state index contributed by atoms with van der Waals surface area (Å²) in [6.07, 6.45) is 5.66. The molecule has 144 valence electrons. The Bertz CT molecular complexity index is 873. The molecule has 0 amide bonds. The smallest absolute Gasteiger partial charge is 0.243 e. The van der Waals surface area contributed by atoms with E-state index >= 15 is 0 Å². The average molecular weight is 406 g/mol. The van der Waals surface area contributed by atoms with E-state index in [1.165, 1.54) is 19.3 Å². The first kappa shape index (κ1) is 18.8. The first-order valence-electron chi connectivity index (χ1n) is 9.51. The molecule has 4 rings (SSSR count). The molecule has 0 aromatic heterocycles. The highest BCUT2D eigenvalue weighted by molar-refractivity contribution is 7.89. The zero-order valence-corrected chi connectivity index (χ0v) is 16.8. The predicted octanol–water partition coefficient (Wildman–Crippen LogP) is 4.87. The van der Waals surface area contributed by atoms with Gasteiger partial charge in [0.2, 0.25) is 10.0 Å². The number of sulfonamides is 1. The van der Waals surface area contributed by atoms with E-state index in [0.29, 0.717) is 22.4 Å². The fourth-order valence-electron chi connectivity index (χ4n) is 3.26. The first-order chi connectivity index (χ1) is 13.0. The molecule has 0 heterocycles. The van der Waals surface area contributed by atoms with E-state index in [1.54, 1.807) is 28.6 Å². The zero-order chi connectivity index (χ0) is 18.9. The Balaban J connectivity index is 1.45. The highest BCUT2D eigenvalue weighted by atomic mass is 35.5. The molecule has 0 aliphatic heterocycles. The Morgan fingerprint density at radius 3 is 2.19 bits per heavy atom. The molecule has 0 unspecified atom stereocenters. The lowest BCUT2D eigenvalue weighted by Crippen LogP contribution is -2.32. The molecule has 0 bridgehead atoms. The third-order valence-corrected chi connectivity index (χ3v) is 7.51. The number of halogens is 1. The second-order valence-corrected chi connectivity index (χ2v) is 9.81. The zero-order valence-electron chi connectivity index (χ0n) is 15.2. The van der Waals surface area contributed by atoms with Crippen LogP contribution in [-0.2, 0) is 16.6 Å². The minimum atomic E-state index is -3.54. The molecule has 2 saturated carbocycles. The number of hydrogen-bond acceptors (Lipinski definition) is 3. The molecule has 27 heavy (non-hydrogen) atoms.